The first-order valence-corrected chi connectivity index (χ1v) is 10.2. The summed E-state index contributed by atoms with van der Waals surface area (Å²) in [6.07, 6.45) is 0. The van der Waals surface area contributed by atoms with Gasteiger partial charge in [0.1, 0.15) is 0 Å². The van der Waals surface area contributed by atoms with Crippen LogP contribution in [-0.2, 0) is 3.37 Å². The SMILES string of the molecule is CC(C)[Se](C)(O[Cl+3]([O-])([O-])[O-])c1ccccc1. The third-order valence-corrected chi connectivity index (χ3v) is 11.7. The van der Waals surface area contributed by atoms with Crippen molar-refractivity contribution < 1.29 is 27.6 Å². The van der Waals surface area contributed by atoms with Crippen LogP contribution < -0.4 is 18.4 Å². The van der Waals surface area contributed by atoms with Gasteiger partial charge in [0.05, 0.1) is 0 Å². The predicted octanol–water partition coefficient (Wildman–Crippen LogP) is -1.21. The van der Waals surface area contributed by atoms with Crippen LogP contribution in [0, 0.1) is 10.2 Å². The molecule has 0 aliphatic carbocycles. The Morgan fingerprint density at radius 3 is 2.00 bits per heavy atom. The third kappa shape index (κ3) is 3.43. The van der Waals surface area contributed by atoms with Crippen LogP contribution in [0.25, 0.3) is 0 Å². The fourth-order valence-corrected chi connectivity index (χ4v) is 7.77. The molecule has 1 aromatic rings. The Hall–Kier alpha value is -0.131. The van der Waals surface area contributed by atoms with Gasteiger partial charge in [-0.25, -0.2) is 0 Å². The summed E-state index contributed by atoms with van der Waals surface area (Å²) in [6.45, 7) is 3.74. The minimum absolute atomic E-state index is 0.00914. The molecule has 0 heterocycles. The minimum atomic E-state index is -4.37. The van der Waals surface area contributed by atoms with Gasteiger partial charge in [0.15, 0.2) is 0 Å². The van der Waals surface area contributed by atoms with Crippen molar-refractivity contribution in [3.8, 4) is 0 Å². The fraction of sp³-hybridized carbons (Fsp3) is 0.400. The molecule has 1 rings (SSSR count). The van der Waals surface area contributed by atoms with Crippen LogP contribution in [0.5, 0.6) is 0 Å². The van der Waals surface area contributed by atoms with Crippen LogP contribution in [0.15, 0.2) is 30.3 Å². The molecule has 1 unspecified atom stereocenters. The van der Waals surface area contributed by atoms with Gasteiger partial charge in [-0.2, -0.15) is 0 Å². The van der Waals surface area contributed by atoms with Gasteiger partial charge < -0.3 is 0 Å². The van der Waals surface area contributed by atoms with Crippen molar-refractivity contribution in [3.05, 3.63) is 30.3 Å². The van der Waals surface area contributed by atoms with Crippen LogP contribution in [-0.4, -0.2) is 13.2 Å². The second-order valence-corrected chi connectivity index (χ2v) is 12.1. The first-order chi connectivity index (χ1) is 7.26. The molecule has 1 aromatic carbocycles. The molecule has 0 saturated heterocycles. The third-order valence-electron chi connectivity index (χ3n) is 2.32. The van der Waals surface area contributed by atoms with E-state index >= 15 is 0 Å². The molecule has 4 nitrogen and oxygen atoms in total. The summed E-state index contributed by atoms with van der Waals surface area (Å²) in [7, 11) is -4.37. The van der Waals surface area contributed by atoms with Crippen molar-refractivity contribution in [3.63, 3.8) is 0 Å². The van der Waals surface area contributed by atoms with Gasteiger partial charge in [0.2, 0.25) is 0 Å². The zero-order valence-electron chi connectivity index (χ0n) is 9.38. The summed E-state index contributed by atoms with van der Waals surface area (Å²) in [5, 5.41) is 0. The Morgan fingerprint density at radius 2 is 1.62 bits per heavy atom. The van der Waals surface area contributed by atoms with Crippen molar-refractivity contribution in [2.24, 2.45) is 0 Å². The Morgan fingerprint density at radius 1 is 1.12 bits per heavy atom. The quantitative estimate of drug-likeness (QED) is 0.654. The summed E-state index contributed by atoms with van der Waals surface area (Å²) in [4.78, 5) is 0.00914. The van der Waals surface area contributed by atoms with Gasteiger partial charge in [0, 0.05) is 0 Å². The van der Waals surface area contributed by atoms with Gasteiger partial charge in [-0.1, -0.05) is 0 Å². The Bertz CT molecular complexity index is 338. The summed E-state index contributed by atoms with van der Waals surface area (Å²) < 4.78 is 37.9. The van der Waals surface area contributed by atoms with E-state index < -0.39 is 23.4 Å². The molecule has 0 aliphatic rings. The van der Waals surface area contributed by atoms with Crippen LogP contribution in [0.2, 0.25) is 10.6 Å². The van der Waals surface area contributed by atoms with E-state index in [-0.39, 0.29) is 4.82 Å². The maximum absolute atomic E-state index is 10.8. The van der Waals surface area contributed by atoms with Gasteiger partial charge in [-0.15, -0.1) is 0 Å². The molecule has 1 atom stereocenters. The fourth-order valence-electron chi connectivity index (χ4n) is 1.23. The molecule has 0 saturated carbocycles. The number of hydrogen-bond donors (Lipinski definition) is 0. The van der Waals surface area contributed by atoms with Gasteiger partial charge >= 0.3 is 100 Å². The van der Waals surface area contributed by atoms with Crippen LogP contribution >= 0.6 is 0 Å². The number of hydrogen-bond acceptors (Lipinski definition) is 4. The zero-order chi connectivity index (χ0) is 12.4. The van der Waals surface area contributed by atoms with E-state index in [9.17, 15) is 14.0 Å². The normalized spacial score (nSPS) is 18.2. The molecule has 0 bridgehead atoms. The molecule has 0 aliphatic heterocycles. The average Bonchev–Trinajstić information content (AvgIpc) is 2.16. The average molecular weight is 314 g/mol. The monoisotopic (exact) mass is 314 g/mol. The summed E-state index contributed by atoms with van der Waals surface area (Å²) in [6, 6.07) is 9.07. The number of rotatable bonds is 4. The Labute approximate surface area is 100 Å². The molecule has 0 aromatic heterocycles. The second kappa shape index (κ2) is 5.02. The molecule has 0 radical (unpaired) electrons. The Balaban J connectivity index is 3.08. The molecule has 0 N–H and O–H groups in total. The molecule has 0 spiro atoms. The van der Waals surface area contributed by atoms with E-state index in [1.807, 2.05) is 32.0 Å². The van der Waals surface area contributed by atoms with Gasteiger partial charge in [-0.3, -0.25) is 0 Å². The molecule has 16 heavy (non-hydrogen) atoms. The first-order valence-electron chi connectivity index (χ1n) is 4.70. The van der Waals surface area contributed by atoms with Crippen LogP contribution in [0.3, 0.4) is 0 Å². The van der Waals surface area contributed by atoms with E-state index in [1.165, 1.54) is 0 Å². The molecule has 6 heteroatoms. The molecule has 92 valence electrons. The van der Waals surface area contributed by atoms with E-state index in [0.717, 1.165) is 4.46 Å². The van der Waals surface area contributed by atoms with Crippen LogP contribution in [0.1, 0.15) is 13.8 Å². The van der Waals surface area contributed by atoms with E-state index in [1.54, 1.807) is 18.0 Å². The van der Waals surface area contributed by atoms with Gasteiger partial charge in [0.25, 0.3) is 0 Å². The molecular formula is C10H15ClO4Se. The summed E-state index contributed by atoms with van der Waals surface area (Å²) in [5.74, 6) is 1.75. The van der Waals surface area contributed by atoms with Crippen molar-refractivity contribution in [2.45, 2.75) is 24.5 Å². The number of benzene rings is 1. The summed E-state index contributed by atoms with van der Waals surface area (Å²) >= 11 is -2.95. The van der Waals surface area contributed by atoms with E-state index in [2.05, 4.69) is 0 Å². The van der Waals surface area contributed by atoms with Gasteiger partial charge in [-0.05, 0) is 0 Å². The predicted molar refractivity (Wildman–Crippen MR) is 53.9 cm³/mol. The topological polar surface area (TPSA) is 78.4 Å². The Kier molecular flexibility index (Phi) is 4.37. The van der Waals surface area contributed by atoms with Crippen molar-refractivity contribution in [1.29, 1.82) is 0 Å². The first kappa shape index (κ1) is 13.9. The zero-order valence-corrected chi connectivity index (χ0v) is 11.9. The molecule has 0 fully saturated rings. The van der Waals surface area contributed by atoms with Crippen molar-refractivity contribution in [2.75, 3.05) is 0 Å². The number of halogens is 1. The van der Waals surface area contributed by atoms with Crippen LogP contribution in [0.4, 0.5) is 0 Å². The summed E-state index contributed by atoms with van der Waals surface area (Å²) in [5.41, 5.74) is 0. The standard InChI is InChI=1S/C10H15ClO4Se/c1-9(2)16(3,15-11(12,13)14)10-7-5-4-6-8-10/h4-9H,1-3H3. The van der Waals surface area contributed by atoms with E-state index in [4.69, 9.17) is 3.37 Å². The van der Waals surface area contributed by atoms with Crippen molar-refractivity contribution >= 4 is 17.6 Å². The van der Waals surface area contributed by atoms with Crippen molar-refractivity contribution in [1.82, 2.24) is 0 Å². The molecule has 0 amide bonds. The maximum atomic E-state index is 10.8. The van der Waals surface area contributed by atoms with E-state index in [0.29, 0.717) is 0 Å². The molecular weight excluding hydrogens is 299 g/mol. The second-order valence-electron chi connectivity index (χ2n) is 3.71.